The Morgan fingerprint density at radius 1 is 1.10 bits per heavy atom. The highest BCUT2D eigenvalue weighted by Crippen LogP contribution is 2.14. The zero-order chi connectivity index (χ0) is 16.0. The summed E-state index contributed by atoms with van der Waals surface area (Å²) in [6, 6.07) is 4.61. The first-order valence-corrected chi connectivity index (χ1v) is 7.86. The molecule has 0 atom stereocenters. The van der Waals surface area contributed by atoms with Gasteiger partial charge in [-0.1, -0.05) is 27.7 Å². The third-order valence-electron chi connectivity index (χ3n) is 3.64. The van der Waals surface area contributed by atoms with Gasteiger partial charge in [-0.3, -0.25) is 4.79 Å². The minimum Gasteiger partial charge on any atom is -0.339 e. The van der Waals surface area contributed by atoms with E-state index in [4.69, 9.17) is 0 Å². The average Bonchev–Trinajstić information content (AvgIpc) is 2.40. The van der Waals surface area contributed by atoms with Crippen molar-refractivity contribution in [2.45, 2.75) is 47.5 Å². The summed E-state index contributed by atoms with van der Waals surface area (Å²) in [7, 11) is 0. The van der Waals surface area contributed by atoms with Crippen LogP contribution in [0.3, 0.4) is 0 Å². The lowest BCUT2D eigenvalue weighted by molar-refractivity contribution is 0.0740. The molecule has 1 amide bonds. The second-order valence-electron chi connectivity index (χ2n) is 6.62. The zero-order valence-electron chi connectivity index (χ0n) is 13.9. The number of carbonyl (C=O) groups excluding carboxylic acids is 1. The number of hydrogen-bond donors (Lipinski definition) is 0. The monoisotopic (exact) mass is 293 g/mol. The normalized spacial score (nSPS) is 11.2. The van der Waals surface area contributed by atoms with E-state index < -0.39 is 0 Å². The van der Waals surface area contributed by atoms with Gasteiger partial charge in [0.2, 0.25) is 0 Å². The second kappa shape index (κ2) is 8.16. The fourth-order valence-electron chi connectivity index (χ4n) is 2.10. The van der Waals surface area contributed by atoms with Crippen LogP contribution >= 0.6 is 0 Å². The molecule has 0 N–H and O–H groups in total. The fraction of sp³-hybridized carbons (Fsp3) is 0.611. The minimum atomic E-state index is -0.262. The molecule has 0 saturated carbocycles. The smallest absolute Gasteiger partial charge is 0.253 e. The number of rotatable bonds is 7. The van der Waals surface area contributed by atoms with Crippen LogP contribution < -0.4 is 0 Å². The third kappa shape index (κ3) is 5.86. The zero-order valence-corrected chi connectivity index (χ0v) is 13.9. The van der Waals surface area contributed by atoms with Crippen LogP contribution in [0, 0.1) is 24.6 Å². The van der Waals surface area contributed by atoms with Gasteiger partial charge in [-0.25, -0.2) is 4.39 Å². The highest BCUT2D eigenvalue weighted by molar-refractivity contribution is 5.94. The topological polar surface area (TPSA) is 20.3 Å². The van der Waals surface area contributed by atoms with Crippen molar-refractivity contribution < 1.29 is 9.18 Å². The highest BCUT2D eigenvalue weighted by Gasteiger charge is 2.17. The van der Waals surface area contributed by atoms with E-state index in [9.17, 15) is 9.18 Å². The van der Waals surface area contributed by atoms with Crippen LogP contribution in [0.5, 0.6) is 0 Å². The van der Waals surface area contributed by atoms with Crippen LogP contribution in [0.15, 0.2) is 18.2 Å². The molecule has 0 heterocycles. The highest BCUT2D eigenvalue weighted by atomic mass is 19.1. The van der Waals surface area contributed by atoms with Crippen molar-refractivity contribution in [1.82, 2.24) is 4.90 Å². The Hall–Kier alpha value is -1.38. The van der Waals surface area contributed by atoms with Gasteiger partial charge in [0.15, 0.2) is 0 Å². The van der Waals surface area contributed by atoms with E-state index in [2.05, 4.69) is 27.7 Å². The van der Waals surface area contributed by atoms with Crippen molar-refractivity contribution in [3.8, 4) is 0 Å². The summed E-state index contributed by atoms with van der Waals surface area (Å²) in [6.45, 7) is 11.9. The predicted molar refractivity (Wildman–Crippen MR) is 86.0 cm³/mol. The van der Waals surface area contributed by atoms with Crippen LogP contribution in [-0.4, -0.2) is 23.9 Å². The van der Waals surface area contributed by atoms with Crippen molar-refractivity contribution in [2.75, 3.05) is 13.1 Å². The summed E-state index contributed by atoms with van der Waals surface area (Å²) < 4.78 is 13.3. The van der Waals surface area contributed by atoms with Crippen molar-refractivity contribution in [2.24, 2.45) is 11.8 Å². The quantitative estimate of drug-likeness (QED) is 0.715. The first kappa shape index (κ1) is 17.7. The molecule has 1 aromatic carbocycles. The molecule has 0 fully saturated rings. The van der Waals surface area contributed by atoms with Crippen molar-refractivity contribution in [3.63, 3.8) is 0 Å². The Morgan fingerprint density at radius 3 is 2.05 bits per heavy atom. The lowest BCUT2D eigenvalue weighted by Crippen LogP contribution is -2.34. The van der Waals surface area contributed by atoms with E-state index in [0.717, 1.165) is 25.9 Å². The largest absolute Gasteiger partial charge is 0.339 e. The second-order valence-corrected chi connectivity index (χ2v) is 6.62. The SMILES string of the molecule is Cc1cc(C(=O)N(CCC(C)C)CCC(C)C)ccc1F. The summed E-state index contributed by atoms with van der Waals surface area (Å²) in [4.78, 5) is 14.5. The molecule has 21 heavy (non-hydrogen) atoms. The molecule has 2 nitrogen and oxygen atoms in total. The molecule has 0 saturated heterocycles. The Morgan fingerprint density at radius 2 is 1.62 bits per heavy atom. The lowest BCUT2D eigenvalue weighted by atomic mass is 10.1. The van der Waals surface area contributed by atoms with Crippen molar-refractivity contribution in [3.05, 3.63) is 35.1 Å². The lowest BCUT2D eigenvalue weighted by Gasteiger charge is -2.25. The molecule has 0 bridgehead atoms. The van der Waals surface area contributed by atoms with Crippen LogP contribution in [0.2, 0.25) is 0 Å². The van der Waals surface area contributed by atoms with Gasteiger partial charge in [-0.15, -0.1) is 0 Å². The first-order chi connectivity index (χ1) is 9.81. The molecule has 1 aromatic rings. The summed E-state index contributed by atoms with van der Waals surface area (Å²) in [5, 5.41) is 0. The predicted octanol–water partition coefficient (Wildman–Crippen LogP) is 4.67. The van der Waals surface area contributed by atoms with Crippen LogP contribution in [0.4, 0.5) is 4.39 Å². The third-order valence-corrected chi connectivity index (χ3v) is 3.64. The Bertz CT molecular complexity index is 456. The number of benzene rings is 1. The maximum absolute atomic E-state index is 13.3. The molecule has 0 aliphatic rings. The summed E-state index contributed by atoms with van der Waals surface area (Å²) in [5.41, 5.74) is 1.11. The van der Waals surface area contributed by atoms with Crippen molar-refractivity contribution in [1.29, 1.82) is 0 Å². The van der Waals surface area contributed by atoms with Gasteiger partial charge in [0.05, 0.1) is 0 Å². The molecule has 0 spiro atoms. The van der Waals surface area contributed by atoms with E-state index in [-0.39, 0.29) is 11.7 Å². The van der Waals surface area contributed by atoms with E-state index in [1.54, 1.807) is 19.1 Å². The van der Waals surface area contributed by atoms with Crippen LogP contribution in [0.25, 0.3) is 0 Å². The number of hydrogen-bond acceptors (Lipinski definition) is 1. The number of amides is 1. The van der Waals surface area contributed by atoms with Gasteiger partial charge < -0.3 is 4.90 Å². The van der Waals surface area contributed by atoms with Crippen LogP contribution in [-0.2, 0) is 0 Å². The van der Waals surface area contributed by atoms with Gasteiger partial charge in [0, 0.05) is 18.7 Å². The van der Waals surface area contributed by atoms with Gasteiger partial charge in [-0.2, -0.15) is 0 Å². The van der Waals surface area contributed by atoms with E-state index in [1.165, 1.54) is 6.07 Å². The standard InChI is InChI=1S/C18H28FNO/c1-13(2)8-10-20(11-9-14(3)4)18(21)16-6-7-17(19)15(5)12-16/h6-7,12-14H,8-11H2,1-5H3. The molecular formula is C18H28FNO. The molecule has 118 valence electrons. The maximum Gasteiger partial charge on any atom is 0.253 e. The number of nitrogens with zero attached hydrogens (tertiary/aromatic N) is 1. The van der Waals surface area contributed by atoms with Gasteiger partial charge in [0.25, 0.3) is 5.91 Å². The molecule has 0 aliphatic carbocycles. The molecule has 0 unspecified atom stereocenters. The minimum absolute atomic E-state index is 0.0133. The summed E-state index contributed by atoms with van der Waals surface area (Å²) in [5.74, 6) is 0.880. The van der Waals surface area contributed by atoms with Gasteiger partial charge in [0.1, 0.15) is 5.82 Å². The summed E-state index contributed by atoms with van der Waals surface area (Å²) >= 11 is 0. The van der Waals surface area contributed by atoms with Gasteiger partial charge in [-0.05, 0) is 55.4 Å². The molecule has 3 heteroatoms. The van der Waals surface area contributed by atoms with Crippen molar-refractivity contribution >= 4 is 5.91 Å². The summed E-state index contributed by atoms with van der Waals surface area (Å²) in [6.07, 6.45) is 1.98. The maximum atomic E-state index is 13.3. The molecule has 1 rings (SSSR count). The number of halogens is 1. The van der Waals surface area contributed by atoms with E-state index >= 15 is 0 Å². The van der Waals surface area contributed by atoms with Gasteiger partial charge >= 0.3 is 0 Å². The molecule has 0 radical (unpaired) electrons. The fourth-order valence-corrected chi connectivity index (χ4v) is 2.10. The average molecular weight is 293 g/mol. The molecule has 0 aromatic heterocycles. The number of aryl methyl sites for hydroxylation is 1. The Kier molecular flexibility index (Phi) is 6.86. The van der Waals surface area contributed by atoms with Crippen LogP contribution in [0.1, 0.15) is 56.5 Å². The Balaban J connectivity index is 2.83. The number of carbonyl (C=O) groups is 1. The Labute approximate surface area is 128 Å². The molecule has 0 aliphatic heterocycles. The van der Waals surface area contributed by atoms with E-state index in [1.807, 2.05) is 4.90 Å². The molecular weight excluding hydrogens is 265 g/mol. The first-order valence-electron chi connectivity index (χ1n) is 7.86. The van der Waals surface area contributed by atoms with E-state index in [0.29, 0.717) is 23.0 Å².